The molecule has 0 radical (unpaired) electrons. The highest BCUT2D eigenvalue weighted by atomic mass is 16.2. The number of hydrogen-bond acceptors (Lipinski definition) is 3. The summed E-state index contributed by atoms with van der Waals surface area (Å²) < 4.78 is 1.86. The summed E-state index contributed by atoms with van der Waals surface area (Å²) in [5.41, 5.74) is 3.60. The van der Waals surface area contributed by atoms with Crippen LogP contribution in [0.15, 0.2) is 60.9 Å². The van der Waals surface area contributed by atoms with Gasteiger partial charge in [0.25, 0.3) is 5.91 Å². The molecular weight excluding hydrogens is 338 g/mol. The molecule has 1 amide bonds. The Labute approximate surface area is 159 Å². The quantitative estimate of drug-likeness (QED) is 0.517. The third-order valence-electron chi connectivity index (χ3n) is 4.34. The lowest BCUT2D eigenvalue weighted by molar-refractivity contribution is 0.0941. The normalized spacial score (nSPS) is 10.6. The van der Waals surface area contributed by atoms with Crippen LogP contribution in [0.25, 0.3) is 0 Å². The van der Waals surface area contributed by atoms with E-state index in [4.69, 9.17) is 0 Å². The number of hydrogen-bond donors (Lipinski definition) is 1. The van der Waals surface area contributed by atoms with Crippen molar-refractivity contribution < 1.29 is 9.59 Å². The molecule has 27 heavy (non-hydrogen) atoms. The van der Waals surface area contributed by atoms with Gasteiger partial charge in [0.05, 0.1) is 11.8 Å². The SMILES string of the molecule is Cc1ccc(C(=O)c2ccccc2C(=O)NCCCn2cc(C)cn2)cc1. The van der Waals surface area contributed by atoms with Crippen molar-refractivity contribution in [2.24, 2.45) is 0 Å². The topological polar surface area (TPSA) is 64.0 Å². The number of nitrogens with zero attached hydrogens (tertiary/aromatic N) is 2. The van der Waals surface area contributed by atoms with Crippen LogP contribution < -0.4 is 5.32 Å². The van der Waals surface area contributed by atoms with E-state index in [2.05, 4.69) is 10.4 Å². The van der Waals surface area contributed by atoms with Crippen molar-refractivity contribution in [3.63, 3.8) is 0 Å². The molecule has 3 aromatic rings. The van der Waals surface area contributed by atoms with Gasteiger partial charge in [-0.25, -0.2) is 0 Å². The zero-order chi connectivity index (χ0) is 19.2. The Kier molecular flexibility index (Phi) is 5.81. The molecule has 0 saturated carbocycles. The minimum atomic E-state index is -0.234. The lowest BCUT2D eigenvalue weighted by Crippen LogP contribution is -2.27. The van der Waals surface area contributed by atoms with Crippen LogP contribution in [-0.2, 0) is 6.54 Å². The van der Waals surface area contributed by atoms with Crippen LogP contribution in [0.4, 0.5) is 0 Å². The van der Waals surface area contributed by atoms with Crippen LogP contribution in [0, 0.1) is 13.8 Å². The summed E-state index contributed by atoms with van der Waals surface area (Å²) in [4.78, 5) is 25.4. The fourth-order valence-corrected chi connectivity index (χ4v) is 2.87. The van der Waals surface area contributed by atoms with Crippen LogP contribution in [0.1, 0.15) is 43.8 Å². The van der Waals surface area contributed by atoms with E-state index in [1.807, 2.05) is 43.1 Å². The van der Waals surface area contributed by atoms with Gasteiger partial charge in [0, 0.05) is 30.4 Å². The Morgan fingerprint density at radius 3 is 2.33 bits per heavy atom. The lowest BCUT2D eigenvalue weighted by atomic mass is 9.97. The first-order valence-corrected chi connectivity index (χ1v) is 9.02. The van der Waals surface area contributed by atoms with Crippen molar-refractivity contribution in [3.8, 4) is 0 Å². The Balaban J connectivity index is 1.64. The first kappa shape index (κ1) is 18.6. The highest BCUT2D eigenvalue weighted by Crippen LogP contribution is 2.15. The predicted octanol–water partition coefficient (Wildman–Crippen LogP) is 3.55. The van der Waals surface area contributed by atoms with Gasteiger partial charge in [-0.1, -0.05) is 48.0 Å². The molecule has 0 aliphatic carbocycles. The molecule has 0 aliphatic heterocycles. The maximum Gasteiger partial charge on any atom is 0.252 e. The van der Waals surface area contributed by atoms with Gasteiger partial charge in [0.2, 0.25) is 0 Å². The van der Waals surface area contributed by atoms with Crippen LogP contribution in [0.5, 0.6) is 0 Å². The van der Waals surface area contributed by atoms with E-state index in [9.17, 15) is 9.59 Å². The van der Waals surface area contributed by atoms with Crippen LogP contribution in [0.3, 0.4) is 0 Å². The fraction of sp³-hybridized carbons (Fsp3) is 0.227. The maximum atomic E-state index is 12.8. The molecular formula is C22H23N3O2. The summed E-state index contributed by atoms with van der Waals surface area (Å²) in [5.74, 6) is -0.379. The molecule has 5 heteroatoms. The third-order valence-corrected chi connectivity index (χ3v) is 4.34. The zero-order valence-corrected chi connectivity index (χ0v) is 15.6. The Morgan fingerprint density at radius 1 is 0.963 bits per heavy atom. The molecule has 1 N–H and O–H groups in total. The van der Waals surface area contributed by atoms with E-state index in [1.165, 1.54) is 0 Å². The van der Waals surface area contributed by atoms with Gasteiger partial charge in [-0.15, -0.1) is 0 Å². The number of carbonyl (C=O) groups is 2. The average molecular weight is 361 g/mol. The average Bonchev–Trinajstić information content (AvgIpc) is 3.10. The summed E-state index contributed by atoms with van der Waals surface area (Å²) in [7, 11) is 0. The first-order valence-electron chi connectivity index (χ1n) is 9.02. The molecule has 0 saturated heterocycles. The van der Waals surface area contributed by atoms with E-state index in [-0.39, 0.29) is 11.7 Å². The van der Waals surface area contributed by atoms with Gasteiger partial charge >= 0.3 is 0 Å². The van der Waals surface area contributed by atoms with E-state index < -0.39 is 0 Å². The Bertz CT molecular complexity index is 942. The van der Waals surface area contributed by atoms with E-state index >= 15 is 0 Å². The second kappa shape index (κ2) is 8.45. The number of aromatic nitrogens is 2. The van der Waals surface area contributed by atoms with Gasteiger partial charge in [-0.3, -0.25) is 14.3 Å². The summed E-state index contributed by atoms with van der Waals surface area (Å²) in [6, 6.07) is 14.3. The number of benzene rings is 2. The number of amides is 1. The minimum Gasteiger partial charge on any atom is -0.352 e. The molecule has 0 fully saturated rings. The van der Waals surface area contributed by atoms with E-state index in [0.29, 0.717) is 23.2 Å². The summed E-state index contributed by atoms with van der Waals surface area (Å²) >= 11 is 0. The third kappa shape index (κ3) is 4.70. The van der Waals surface area contributed by atoms with Gasteiger partial charge in [0.15, 0.2) is 5.78 Å². The van der Waals surface area contributed by atoms with Gasteiger partial charge in [-0.05, 0) is 31.9 Å². The summed E-state index contributed by atoms with van der Waals surface area (Å²) in [6.45, 7) is 5.22. The van der Waals surface area contributed by atoms with Crippen molar-refractivity contribution in [2.75, 3.05) is 6.54 Å². The Morgan fingerprint density at radius 2 is 1.67 bits per heavy atom. The highest BCUT2D eigenvalue weighted by molar-refractivity contribution is 6.15. The largest absolute Gasteiger partial charge is 0.352 e. The molecule has 1 heterocycles. The minimum absolute atomic E-state index is 0.146. The molecule has 0 atom stereocenters. The molecule has 0 aliphatic rings. The summed E-state index contributed by atoms with van der Waals surface area (Å²) in [6.07, 6.45) is 4.55. The maximum absolute atomic E-state index is 12.8. The van der Waals surface area contributed by atoms with Crippen molar-refractivity contribution in [3.05, 3.63) is 88.7 Å². The van der Waals surface area contributed by atoms with Crippen LogP contribution in [0.2, 0.25) is 0 Å². The molecule has 0 spiro atoms. The van der Waals surface area contributed by atoms with E-state index in [0.717, 1.165) is 24.1 Å². The first-order chi connectivity index (χ1) is 13.0. The van der Waals surface area contributed by atoms with Crippen LogP contribution in [-0.4, -0.2) is 28.0 Å². The molecule has 0 bridgehead atoms. The number of aryl methyl sites for hydroxylation is 3. The second-order valence-corrected chi connectivity index (χ2v) is 6.63. The van der Waals surface area contributed by atoms with Gasteiger partial charge < -0.3 is 5.32 Å². The predicted molar refractivity (Wildman–Crippen MR) is 105 cm³/mol. The monoisotopic (exact) mass is 361 g/mol. The number of ketones is 1. The number of rotatable bonds is 7. The molecule has 138 valence electrons. The zero-order valence-electron chi connectivity index (χ0n) is 15.6. The molecule has 1 aromatic heterocycles. The van der Waals surface area contributed by atoms with Crippen molar-refractivity contribution >= 4 is 11.7 Å². The molecule has 5 nitrogen and oxygen atoms in total. The second-order valence-electron chi connectivity index (χ2n) is 6.63. The summed E-state index contributed by atoms with van der Waals surface area (Å²) in [5, 5.41) is 7.13. The van der Waals surface area contributed by atoms with Gasteiger partial charge in [-0.2, -0.15) is 5.10 Å². The Hall–Kier alpha value is -3.21. The molecule has 2 aromatic carbocycles. The van der Waals surface area contributed by atoms with E-state index in [1.54, 1.807) is 36.4 Å². The lowest BCUT2D eigenvalue weighted by Gasteiger charge is -2.10. The van der Waals surface area contributed by atoms with Gasteiger partial charge in [0.1, 0.15) is 0 Å². The van der Waals surface area contributed by atoms with Crippen molar-refractivity contribution in [1.82, 2.24) is 15.1 Å². The highest BCUT2D eigenvalue weighted by Gasteiger charge is 2.17. The van der Waals surface area contributed by atoms with Crippen molar-refractivity contribution in [2.45, 2.75) is 26.8 Å². The smallest absolute Gasteiger partial charge is 0.252 e. The fourth-order valence-electron chi connectivity index (χ4n) is 2.87. The van der Waals surface area contributed by atoms with Crippen molar-refractivity contribution in [1.29, 1.82) is 0 Å². The van der Waals surface area contributed by atoms with Crippen LogP contribution >= 0.6 is 0 Å². The standard InChI is InChI=1S/C22H23N3O2/c1-16-8-10-18(11-9-16)21(26)19-6-3-4-7-20(19)22(27)23-12-5-13-25-15-17(2)14-24-25/h3-4,6-11,14-15H,5,12-13H2,1-2H3,(H,23,27). The number of carbonyl (C=O) groups excluding carboxylic acids is 2. The number of nitrogens with one attached hydrogen (secondary N) is 1. The molecule has 3 rings (SSSR count). The molecule has 0 unspecified atom stereocenters.